The van der Waals surface area contributed by atoms with Gasteiger partial charge >= 0.3 is 6.18 Å². The maximum Gasteiger partial charge on any atom is 0.416 e. The molecule has 25 heavy (non-hydrogen) atoms. The Labute approximate surface area is 151 Å². The van der Waals surface area contributed by atoms with Gasteiger partial charge in [0.2, 0.25) is 0 Å². The molecule has 1 aliphatic rings. The topological polar surface area (TPSA) is 23.6 Å². The molecule has 0 unspecified atom stereocenters. The molecule has 0 radical (unpaired) electrons. The fourth-order valence-corrected chi connectivity index (χ4v) is 3.04. The van der Waals surface area contributed by atoms with Gasteiger partial charge in [0, 0.05) is 32.7 Å². The minimum Gasteiger partial charge on any atom is -0.368 e. The lowest BCUT2D eigenvalue weighted by Gasteiger charge is -2.37. The molecule has 0 atom stereocenters. The van der Waals surface area contributed by atoms with Gasteiger partial charge in [0.25, 0.3) is 0 Å². The summed E-state index contributed by atoms with van der Waals surface area (Å²) in [6.45, 7) is 8.36. The number of halogens is 3. The molecule has 0 N–H and O–H groups in total. The van der Waals surface area contributed by atoms with E-state index in [1.807, 2.05) is 4.90 Å². The van der Waals surface area contributed by atoms with Crippen molar-refractivity contribution in [3.63, 3.8) is 0 Å². The predicted octanol–water partition coefficient (Wildman–Crippen LogP) is 3.74. The van der Waals surface area contributed by atoms with E-state index in [9.17, 15) is 18.0 Å². The summed E-state index contributed by atoms with van der Waals surface area (Å²) in [6.07, 6.45) is -2.71. The Bertz CT molecular complexity index is 677. The first-order valence-electron chi connectivity index (χ1n) is 7.92. The number of benzene rings is 1. The van der Waals surface area contributed by atoms with Crippen molar-refractivity contribution in [2.24, 2.45) is 0 Å². The Balaban J connectivity index is 2.00. The van der Waals surface area contributed by atoms with Gasteiger partial charge in [0.1, 0.15) is 0 Å². The molecule has 1 heterocycles. The number of hydrogen-bond donors (Lipinski definition) is 1. The van der Waals surface area contributed by atoms with Gasteiger partial charge in [0.05, 0.1) is 16.2 Å². The number of ketones is 1. The number of thiol groups is 1. The number of rotatable bonds is 5. The second-order valence-corrected chi connectivity index (χ2v) is 6.40. The number of Topliss-reactive ketones (excluding diaryl/α,β-unsaturated/α-hetero) is 1. The molecule has 1 fully saturated rings. The average molecular weight is 370 g/mol. The van der Waals surface area contributed by atoms with E-state index in [0.717, 1.165) is 6.07 Å². The van der Waals surface area contributed by atoms with Crippen molar-refractivity contribution >= 4 is 18.4 Å². The van der Waals surface area contributed by atoms with Crippen LogP contribution >= 0.6 is 12.6 Å². The molecule has 1 aromatic rings. The molecule has 1 aliphatic heterocycles. The summed E-state index contributed by atoms with van der Waals surface area (Å²) in [6, 6.07) is 5.42. The molecule has 0 amide bonds. The van der Waals surface area contributed by atoms with E-state index in [-0.39, 0.29) is 5.78 Å². The minimum absolute atomic E-state index is 0.121. The average Bonchev–Trinajstić information content (AvgIpc) is 2.56. The zero-order chi connectivity index (χ0) is 18.6. The molecule has 0 spiro atoms. The first-order chi connectivity index (χ1) is 11.7. The number of allylic oxidation sites excluding steroid dienone is 2. The van der Waals surface area contributed by atoms with E-state index in [2.05, 4.69) is 24.1 Å². The number of carbonyl (C=O) groups excluding carboxylic acids is 1. The number of piperazine rings is 1. The molecule has 136 valence electrons. The Morgan fingerprint density at radius 3 is 2.44 bits per heavy atom. The summed E-state index contributed by atoms with van der Waals surface area (Å²) in [5.41, 5.74) is 0.720. The Morgan fingerprint density at radius 1 is 1.28 bits per heavy atom. The molecule has 1 saturated heterocycles. The lowest BCUT2D eigenvalue weighted by Crippen LogP contribution is -2.45. The number of nitrogens with zero attached hydrogens (tertiary/aromatic N) is 2. The highest BCUT2D eigenvalue weighted by Crippen LogP contribution is 2.30. The largest absolute Gasteiger partial charge is 0.416 e. The van der Waals surface area contributed by atoms with E-state index in [4.69, 9.17) is 0 Å². The van der Waals surface area contributed by atoms with Crippen LogP contribution in [0.3, 0.4) is 0 Å². The van der Waals surface area contributed by atoms with Gasteiger partial charge in [0.15, 0.2) is 5.78 Å². The second-order valence-electron chi connectivity index (χ2n) is 5.96. The Hall–Kier alpha value is -1.73. The smallest absolute Gasteiger partial charge is 0.368 e. The molecular weight excluding hydrogens is 349 g/mol. The van der Waals surface area contributed by atoms with Gasteiger partial charge in [-0.2, -0.15) is 13.2 Å². The summed E-state index contributed by atoms with van der Waals surface area (Å²) in [4.78, 5) is 16.0. The molecule has 0 aromatic heterocycles. The van der Waals surface area contributed by atoms with E-state index >= 15 is 0 Å². The Morgan fingerprint density at radius 2 is 1.92 bits per heavy atom. The first kappa shape index (κ1) is 19.6. The van der Waals surface area contributed by atoms with Crippen LogP contribution in [0.2, 0.25) is 0 Å². The maximum absolute atomic E-state index is 12.8. The van der Waals surface area contributed by atoms with E-state index < -0.39 is 11.7 Å². The molecule has 3 nitrogen and oxygen atoms in total. The normalized spacial score (nSPS) is 17.2. The third-order valence-electron chi connectivity index (χ3n) is 4.14. The molecule has 0 aliphatic carbocycles. The predicted molar refractivity (Wildman–Crippen MR) is 95.2 cm³/mol. The minimum atomic E-state index is -4.33. The maximum atomic E-state index is 12.8. The van der Waals surface area contributed by atoms with Crippen molar-refractivity contribution < 1.29 is 18.0 Å². The number of hydrogen-bond acceptors (Lipinski definition) is 4. The van der Waals surface area contributed by atoms with Crippen LogP contribution in [0.1, 0.15) is 18.1 Å². The number of alkyl halides is 3. The lowest BCUT2D eigenvalue weighted by atomic mass is 10.1. The summed E-state index contributed by atoms with van der Waals surface area (Å²) >= 11 is 4.25. The van der Waals surface area contributed by atoms with Crippen molar-refractivity contribution in [1.82, 2.24) is 9.80 Å². The second kappa shape index (κ2) is 8.10. The van der Waals surface area contributed by atoms with E-state index in [1.54, 1.807) is 12.1 Å². The van der Waals surface area contributed by atoms with Crippen molar-refractivity contribution in [2.45, 2.75) is 19.6 Å². The zero-order valence-electron chi connectivity index (χ0n) is 14.0. The van der Waals surface area contributed by atoms with Crippen LogP contribution in [0.4, 0.5) is 13.2 Å². The Kier molecular flexibility index (Phi) is 6.35. The van der Waals surface area contributed by atoms with Crippen LogP contribution in [0.15, 0.2) is 47.5 Å². The van der Waals surface area contributed by atoms with Crippen LogP contribution in [-0.2, 0) is 17.5 Å². The molecule has 7 heteroatoms. The van der Waals surface area contributed by atoms with Gasteiger partial charge in [-0.15, -0.1) is 12.6 Å². The fourth-order valence-electron chi connectivity index (χ4n) is 2.81. The van der Waals surface area contributed by atoms with Crippen molar-refractivity contribution in [2.75, 3.05) is 26.2 Å². The van der Waals surface area contributed by atoms with Gasteiger partial charge in [-0.05, 0) is 24.6 Å². The summed E-state index contributed by atoms with van der Waals surface area (Å²) < 4.78 is 38.4. The first-order valence-corrected chi connectivity index (χ1v) is 8.37. The fraction of sp³-hybridized carbons (Fsp3) is 0.389. The molecule has 2 rings (SSSR count). The zero-order valence-corrected chi connectivity index (χ0v) is 14.9. The van der Waals surface area contributed by atoms with Crippen LogP contribution < -0.4 is 0 Å². The highest BCUT2D eigenvalue weighted by atomic mass is 32.1. The van der Waals surface area contributed by atoms with E-state index in [0.29, 0.717) is 48.9 Å². The molecule has 0 saturated carbocycles. The SMILES string of the molecule is C=C/C(=C(/S)C(C)=O)N1CCN(Cc2cccc(C(F)(F)F)c2)CC1. The summed E-state index contributed by atoms with van der Waals surface area (Å²) in [5, 5.41) is 0. The van der Waals surface area contributed by atoms with Crippen molar-refractivity contribution in [3.8, 4) is 0 Å². The lowest BCUT2D eigenvalue weighted by molar-refractivity contribution is -0.137. The standard InChI is InChI=1S/C18H21F3N2OS/c1-3-16(17(25)13(2)24)23-9-7-22(8-10-23)12-14-5-4-6-15(11-14)18(19,20)21/h3-6,11,25H,1,7-10,12H2,2H3/b17-16-. The van der Waals surface area contributed by atoms with Crippen LogP contribution in [0.25, 0.3) is 0 Å². The summed E-state index contributed by atoms with van der Waals surface area (Å²) in [5.74, 6) is -0.121. The molecule has 0 bridgehead atoms. The van der Waals surface area contributed by atoms with Gasteiger partial charge in [-0.1, -0.05) is 24.8 Å². The van der Waals surface area contributed by atoms with Crippen LogP contribution in [0.5, 0.6) is 0 Å². The van der Waals surface area contributed by atoms with Gasteiger partial charge < -0.3 is 4.90 Å². The van der Waals surface area contributed by atoms with Crippen LogP contribution in [0, 0.1) is 0 Å². The number of carbonyl (C=O) groups is 1. The van der Waals surface area contributed by atoms with Crippen molar-refractivity contribution in [1.29, 1.82) is 0 Å². The quantitative estimate of drug-likeness (QED) is 0.485. The van der Waals surface area contributed by atoms with E-state index in [1.165, 1.54) is 19.1 Å². The van der Waals surface area contributed by atoms with Gasteiger partial charge in [-0.3, -0.25) is 9.69 Å². The summed E-state index contributed by atoms with van der Waals surface area (Å²) in [7, 11) is 0. The molecular formula is C18H21F3N2OS. The third-order valence-corrected chi connectivity index (χ3v) is 4.69. The third kappa shape index (κ3) is 5.12. The van der Waals surface area contributed by atoms with Crippen molar-refractivity contribution in [3.05, 3.63) is 58.6 Å². The highest BCUT2D eigenvalue weighted by molar-refractivity contribution is 7.85. The van der Waals surface area contributed by atoms with Gasteiger partial charge in [-0.25, -0.2) is 0 Å². The molecule has 1 aromatic carbocycles. The monoisotopic (exact) mass is 370 g/mol. The highest BCUT2D eigenvalue weighted by Gasteiger charge is 2.30. The van der Waals surface area contributed by atoms with Crippen LogP contribution in [-0.4, -0.2) is 41.8 Å².